The lowest BCUT2D eigenvalue weighted by Gasteiger charge is -2.08. The van der Waals surface area contributed by atoms with Crippen LogP contribution in [0.5, 0.6) is 0 Å². The van der Waals surface area contributed by atoms with Crippen LogP contribution >= 0.6 is 0 Å². The van der Waals surface area contributed by atoms with Crippen molar-refractivity contribution in [3.8, 4) is 16.9 Å². The van der Waals surface area contributed by atoms with Crippen LogP contribution in [-0.4, -0.2) is 36.3 Å². The van der Waals surface area contributed by atoms with Crippen LogP contribution < -0.4 is 10.9 Å². The van der Waals surface area contributed by atoms with Crippen LogP contribution in [0.25, 0.3) is 16.9 Å². The Balaban J connectivity index is 1.56. The monoisotopic (exact) mass is 474 g/mol. The van der Waals surface area contributed by atoms with E-state index in [0.717, 1.165) is 17.5 Å². The molecule has 2 N–H and O–H groups in total. The van der Waals surface area contributed by atoms with Gasteiger partial charge in [-0.15, -0.1) is 0 Å². The molecular weight excluding hydrogens is 452 g/mol. The van der Waals surface area contributed by atoms with E-state index in [9.17, 15) is 18.0 Å². The van der Waals surface area contributed by atoms with E-state index in [2.05, 4.69) is 16.0 Å². The van der Waals surface area contributed by atoms with Crippen molar-refractivity contribution in [3.63, 3.8) is 0 Å². The molecule has 2 amide bonds. The van der Waals surface area contributed by atoms with Crippen molar-refractivity contribution >= 4 is 21.7 Å². The van der Waals surface area contributed by atoms with Gasteiger partial charge in [0, 0.05) is 23.6 Å². The maximum Gasteiger partial charge on any atom is 0.273 e. The van der Waals surface area contributed by atoms with Crippen molar-refractivity contribution in [3.05, 3.63) is 108 Å². The molecule has 0 spiro atoms. The molecule has 0 aliphatic rings. The molecule has 0 fully saturated rings. The van der Waals surface area contributed by atoms with Crippen molar-refractivity contribution in [2.24, 2.45) is 0 Å². The number of carbonyl (C=O) groups excluding carboxylic acids is 2. The molecule has 34 heavy (non-hydrogen) atoms. The maximum atomic E-state index is 13.0. The first-order chi connectivity index (χ1) is 16.3. The number of para-hydroxylation sites is 1. The fourth-order valence-electron chi connectivity index (χ4n) is 3.42. The first-order valence-electron chi connectivity index (χ1n) is 10.4. The molecule has 0 unspecified atom stereocenters. The van der Waals surface area contributed by atoms with Gasteiger partial charge in [0.2, 0.25) is 0 Å². The molecule has 0 radical (unpaired) electrons. The average Bonchev–Trinajstić information content (AvgIpc) is 3.28. The van der Waals surface area contributed by atoms with E-state index >= 15 is 0 Å². The van der Waals surface area contributed by atoms with Gasteiger partial charge in [-0.3, -0.25) is 20.4 Å². The fourth-order valence-corrected chi connectivity index (χ4v) is 4.21. The third-order valence-corrected chi connectivity index (χ3v) is 5.79. The van der Waals surface area contributed by atoms with Crippen molar-refractivity contribution in [1.82, 2.24) is 20.6 Å². The quantitative estimate of drug-likeness (QED) is 0.417. The highest BCUT2D eigenvalue weighted by molar-refractivity contribution is 7.89. The van der Waals surface area contributed by atoms with Gasteiger partial charge in [-0.25, -0.2) is 13.1 Å². The summed E-state index contributed by atoms with van der Waals surface area (Å²) < 4.78 is 24.7. The van der Waals surface area contributed by atoms with Crippen LogP contribution in [0, 0.1) is 0 Å². The number of hydrogen-bond donors (Lipinski definition) is 2. The van der Waals surface area contributed by atoms with Gasteiger partial charge in [0.1, 0.15) is 5.69 Å². The lowest BCUT2D eigenvalue weighted by Crippen LogP contribution is -2.41. The molecule has 0 atom stereocenters. The minimum absolute atomic E-state index is 0.181. The number of rotatable bonds is 6. The predicted molar refractivity (Wildman–Crippen MR) is 129 cm³/mol. The highest BCUT2D eigenvalue weighted by Gasteiger charge is 2.19. The summed E-state index contributed by atoms with van der Waals surface area (Å²) in [6, 6.07) is 24.9. The molecule has 0 saturated carbocycles. The van der Waals surface area contributed by atoms with Gasteiger partial charge in [0.15, 0.2) is 9.84 Å². The van der Waals surface area contributed by atoms with E-state index in [0.29, 0.717) is 11.3 Å². The number of amides is 2. The Morgan fingerprint density at radius 3 is 2.18 bits per heavy atom. The van der Waals surface area contributed by atoms with E-state index in [1.807, 2.05) is 60.7 Å². The van der Waals surface area contributed by atoms with E-state index in [4.69, 9.17) is 0 Å². The molecule has 1 aromatic heterocycles. The summed E-state index contributed by atoms with van der Waals surface area (Å²) in [6.45, 7) is 0. The SMILES string of the molecule is CS(=O)(=O)Cc1cccc(C(=O)NNC(=O)c2cn(-c3ccccc3)nc2-c2ccccc2)c1. The molecule has 172 valence electrons. The highest BCUT2D eigenvalue weighted by atomic mass is 32.2. The van der Waals surface area contributed by atoms with Crippen molar-refractivity contribution in [2.45, 2.75) is 5.75 Å². The van der Waals surface area contributed by atoms with E-state index < -0.39 is 21.7 Å². The third-order valence-electron chi connectivity index (χ3n) is 4.93. The van der Waals surface area contributed by atoms with Crippen LogP contribution in [0.4, 0.5) is 0 Å². The van der Waals surface area contributed by atoms with Crippen LogP contribution in [0.15, 0.2) is 91.1 Å². The molecule has 8 nitrogen and oxygen atoms in total. The minimum atomic E-state index is -3.24. The van der Waals surface area contributed by atoms with Gasteiger partial charge in [0.05, 0.1) is 17.0 Å². The molecule has 0 aliphatic heterocycles. The number of hydrazine groups is 1. The highest BCUT2D eigenvalue weighted by Crippen LogP contribution is 2.23. The summed E-state index contributed by atoms with van der Waals surface area (Å²) in [5.41, 5.74) is 7.81. The van der Waals surface area contributed by atoms with Gasteiger partial charge in [0.25, 0.3) is 11.8 Å². The Bertz CT molecular complexity index is 1430. The number of hydrogen-bond acceptors (Lipinski definition) is 5. The maximum absolute atomic E-state index is 13.0. The summed E-state index contributed by atoms with van der Waals surface area (Å²) in [7, 11) is -3.24. The molecule has 3 aromatic carbocycles. The second kappa shape index (κ2) is 9.72. The number of benzene rings is 3. The number of aromatic nitrogens is 2. The Morgan fingerprint density at radius 1 is 0.853 bits per heavy atom. The van der Waals surface area contributed by atoms with Gasteiger partial charge in [-0.05, 0) is 29.8 Å². The van der Waals surface area contributed by atoms with E-state index in [-0.39, 0.29) is 16.9 Å². The third kappa shape index (κ3) is 5.57. The second-order valence-corrected chi connectivity index (χ2v) is 9.86. The van der Waals surface area contributed by atoms with Crippen LogP contribution in [0.3, 0.4) is 0 Å². The average molecular weight is 475 g/mol. The molecule has 4 aromatic rings. The fraction of sp³-hybridized carbons (Fsp3) is 0.0800. The summed E-state index contributed by atoms with van der Waals surface area (Å²) in [4.78, 5) is 25.6. The molecule has 0 bridgehead atoms. The van der Waals surface area contributed by atoms with Crippen LogP contribution in [-0.2, 0) is 15.6 Å². The Labute approximate surface area is 197 Å². The number of nitrogens with one attached hydrogen (secondary N) is 2. The summed E-state index contributed by atoms with van der Waals surface area (Å²) in [5.74, 6) is -1.29. The first-order valence-corrected chi connectivity index (χ1v) is 12.4. The lowest BCUT2D eigenvalue weighted by atomic mass is 10.1. The second-order valence-electron chi connectivity index (χ2n) is 7.72. The van der Waals surface area contributed by atoms with E-state index in [1.54, 1.807) is 23.0 Å². The van der Waals surface area contributed by atoms with Crippen molar-refractivity contribution in [2.75, 3.05) is 6.26 Å². The smallest absolute Gasteiger partial charge is 0.267 e. The lowest BCUT2D eigenvalue weighted by molar-refractivity contribution is 0.0847. The number of nitrogens with zero attached hydrogens (tertiary/aromatic N) is 2. The van der Waals surface area contributed by atoms with Crippen LogP contribution in [0.2, 0.25) is 0 Å². The van der Waals surface area contributed by atoms with Crippen molar-refractivity contribution in [1.29, 1.82) is 0 Å². The molecule has 4 rings (SSSR count). The zero-order chi connectivity index (χ0) is 24.1. The van der Waals surface area contributed by atoms with Gasteiger partial charge < -0.3 is 0 Å². The van der Waals surface area contributed by atoms with Crippen LogP contribution in [0.1, 0.15) is 26.3 Å². The van der Waals surface area contributed by atoms with Crippen molar-refractivity contribution < 1.29 is 18.0 Å². The molecule has 0 aliphatic carbocycles. The topological polar surface area (TPSA) is 110 Å². The summed E-state index contributed by atoms with van der Waals surface area (Å²) >= 11 is 0. The van der Waals surface area contributed by atoms with Gasteiger partial charge in [-0.1, -0.05) is 60.7 Å². The summed E-state index contributed by atoms with van der Waals surface area (Å²) in [6.07, 6.45) is 2.73. The largest absolute Gasteiger partial charge is 0.273 e. The van der Waals surface area contributed by atoms with Gasteiger partial charge in [-0.2, -0.15) is 5.10 Å². The normalized spacial score (nSPS) is 11.1. The summed E-state index contributed by atoms with van der Waals surface area (Å²) in [5, 5.41) is 4.59. The standard InChI is InChI=1S/C25H22N4O4S/c1-34(32,33)17-18-9-8-12-20(15-18)24(30)26-27-25(31)22-16-29(21-13-6-3-7-14-21)28-23(22)19-10-4-2-5-11-19/h2-16H,17H2,1H3,(H,26,30)(H,27,31). The zero-order valence-electron chi connectivity index (χ0n) is 18.3. The molecule has 0 saturated heterocycles. The Hall–Kier alpha value is -4.24. The predicted octanol–water partition coefficient (Wildman–Crippen LogP) is 3.16. The minimum Gasteiger partial charge on any atom is -0.267 e. The number of sulfone groups is 1. The molecular formula is C25H22N4O4S. The Kier molecular flexibility index (Phi) is 6.55. The zero-order valence-corrected chi connectivity index (χ0v) is 19.1. The van der Waals surface area contributed by atoms with Gasteiger partial charge >= 0.3 is 0 Å². The first kappa shape index (κ1) is 22.9. The molecule has 9 heteroatoms. The number of carbonyl (C=O) groups is 2. The molecule has 1 heterocycles. The Morgan fingerprint density at radius 2 is 1.50 bits per heavy atom. The van der Waals surface area contributed by atoms with E-state index in [1.165, 1.54) is 12.1 Å².